The molecule has 2 aromatic heterocycles. The number of nitrogens with zero attached hydrogens (tertiary/aromatic N) is 3. The first-order valence-electron chi connectivity index (χ1n) is 10.6. The summed E-state index contributed by atoms with van der Waals surface area (Å²) in [4.78, 5) is 24.9. The molecule has 31 heavy (non-hydrogen) atoms. The standard InChI is InChI=1S/C24H24FN3O2S/c1-14-3-8-20(23-26-9-10-31-23)22(27-14)24(29)28-18-11-16(12-18)15(2)21(28)13-30-19-6-4-17(25)5-7-19/h3-10,15-16,18,21H,11-13H2,1-2H3/t15-,16?,18?,21?/m1/s1. The van der Waals surface area contributed by atoms with Crippen LogP contribution in [-0.2, 0) is 0 Å². The SMILES string of the molecule is Cc1ccc(-c2nccs2)c(C(=O)N2C3CC(C3)[C@@H](C)C2COc2ccc(F)cc2)n1. The summed E-state index contributed by atoms with van der Waals surface area (Å²) in [7, 11) is 0. The number of benzene rings is 1. The van der Waals surface area contributed by atoms with Crippen LogP contribution in [0.15, 0.2) is 48.0 Å². The zero-order valence-electron chi connectivity index (χ0n) is 17.5. The van der Waals surface area contributed by atoms with Crippen LogP contribution in [0.2, 0.25) is 0 Å². The number of aryl methyl sites for hydroxylation is 1. The lowest BCUT2D eigenvalue weighted by Crippen LogP contribution is -2.64. The number of hydrogen-bond acceptors (Lipinski definition) is 5. The Morgan fingerprint density at radius 1 is 1.23 bits per heavy atom. The molecule has 5 nitrogen and oxygen atoms in total. The van der Waals surface area contributed by atoms with Gasteiger partial charge in [-0.2, -0.15) is 0 Å². The summed E-state index contributed by atoms with van der Waals surface area (Å²) in [5, 5.41) is 2.70. The van der Waals surface area contributed by atoms with Crippen molar-refractivity contribution < 1.29 is 13.9 Å². The first-order valence-corrected chi connectivity index (χ1v) is 11.5. The second kappa shape index (κ2) is 8.04. The topological polar surface area (TPSA) is 55.3 Å². The maximum absolute atomic E-state index is 13.9. The average molecular weight is 438 g/mol. The number of ether oxygens (including phenoxy) is 1. The molecule has 2 atom stereocenters. The Bertz CT molecular complexity index is 1080. The molecule has 160 valence electrons. The Balaban J connectivity index is 1.45. The summed E-state index contributed by atoms with van der Waals surface area (Å²) in [5.41, 5.74) is 2.04. The molecule has 7 heteroatoms. The largest absolute Gasteiger partial charge is 0.491 e. The van der Waals surface area contributed by atoms with E-state index in [2.05, 4.69) is 16.9 Å². The number of amides is 1. The molecular formula is C24H24FN3O2S. The normalized spacial score (nSPS) is 24.5. The van der Waals surface area contributed by atoms with Crippen LogP contribution in [0.1, 0.15) is 35.9 Å². The molecule has 0 N–H and O–H groups in total. The number of piperidine rings is 2. The number of fused-ring (bicyclic) bond motifs is 2. The van der Waals surface area contributed by atoms with E-state index in [1.54, 1.807) is 18.3 Å². The van der Waals surface area contributed by atoms with Crippen molar-refractivity contribution >= 4 is 17.2 Å². The summed E-state index contributed by atoms with van der Waals surface area (Å²) >= 11 is 1.50. The fraction of sp³-hybridized carbons (Fsp3) is 0.375. The zero-order valence-corrected chi connectivity index (χ0v) is 18.3. The van der Waals surface area contributed by atoms with Gasteiger partial charge in [0, 0.05) is 28.9 Å². The molecular weight excluding hydrogens is 413 g/mol. The molecule has 1 saturated carbocycles. The molecule has 2 aliphatic heterocycles. The van der Waals surface area contributed by atoms with Crippen LogP contribution in [0.3, 0.4) is 0 Å². The molecule has 3 aliphatic rings. The van der Waals surface area contributed by atoms with Gasteiger partial charge in [-0.05, 0) is 68.0 Å². The van der Waals surface area contributed by atoms with Gasteiger partial charge < -0.3 is 9.64 Å². The summed E-state index contributed by atoms with van der Waals surface area (Å²) in [5.74, 6) is 1.19. The third-order valence-corrected chi connectivity index (χ3v) is 7.43. The molecule has 1 aliphatic carbocycles. The number of hydrogen-bond donors (Lipinski definition) is 0. The first-order chi connectivity index (χ1) is 15.0. The van der Waals surface area contributed by atoms with Crippen molar-refractivity contribution in [3.8, 4) is 16.3 Å². The van der Waals surface area contributed by atoms with Crippen LogP contribution in [0, 0.1) is 24.6 Å². The predicted molar refractivity (Wildman–Crippen MR) is 118 cm³/mol. The van der Waals surface area contributed by atoms with E-state index in [4.69, 9.17) is 4.74 Å². The van der Waals surface area contributed by atoms with Gasteiger partial charge in [-0.3, -0.25) is 4.79 Å². The molecule has 2 saturated heterocycles. The number of thiazole rings is 1. The highest BCUT2D eigenvalue weighted by molar-refractivity contribution is 7.13. The summed E-state index contributed by atoms with van der Waals surface area (Å²) in [6.45, 7) is 4.48. The van der Waals surface area contributed by atoms with Gasteiger partial charge in [0.2, 0.25) is 0 Å². The van der Waals surface area contributed by atoms with Crippen molar-refractivity contribution in [2.24, 2.45) is 11.8 Å². The van der Waals surface area contributed by atoms with E-state index in [1.807, 2.05) is 29.3 Å². The van der Waals surface area contributed by atoms with Gasteiger partial charge in [0.15, 0.2) is 0 Å². The lowest BCUT2D eigenvalue weighted by atomic mass is 9.64. The highest BCUT2D eigenvalue weighted by Gasteiger charge is 2.51. The highest BCUT2D eigenvalue weighted by Crippen LogP contribution is 2.47. The van der Waals surface area contributed by atoms with E-state index >= 15 is 0 Å². The van der Waals surface area contributed by atoms with Gasteiger partial charge in [-0.15, -0.1) is 11.3 Å². The van der Waals surface area contributed by atoms with Crippen molar-refractivity contribution in [3.63, 3.8) is 0 Å². The Morgan fingerprint density at radius 2 is 2.00 bits per heavy atom. The smallest absolute Gasteiger partial charge is 0.273 e. The molecule has 1 aromatic carbocycles. The van der Waals surface area contributed by atoms with E-state index in [9.17, 15) is 9.18 Å². The Labute approximate surface area is 184 Å². The lowest BCUT2D eigenvalue weighted by molar-refractivity contribution is -0.0672. The molecule has 1 unspecified atom stereocenters. The minimum atomic E-state index is -0.295. The Kier molecular flexibility index (Phi) is 5.22. The summed E-state index contributed by atoms with van der Waals surface area (Å²) in [6, 6.07) is 10.0. The number of carbonyl (C=O) groups is 1. The van der Waals surface area contributed by atoms with Crippen molar-refractivity contribution in [2.75, 3.05) is 6.61 Å². The quantitative estimate of drug-likeness (QED) is 0.566. The lowest BCUT2D eigenvalue weighted by Gasteiger charge is -2.57. The van der Waals surface area contributed by atoms with E-state index < -0.39 is 0 Å². The number of aromatic nitrogens is 2. The van der Waals surface area contributed by atoms with E-state index in [0.29, 0.717) is 29.9 Å². The van der Waals surface area contributed by atoms with Crippen molar-refractivity contribution in [1.29, 1.82) is 0 Å². The Morgan fingerprint density at radius 3 is 2.71 bits per heavy atom. The van der Waals surface area contributed by atoms with Crippen LogP contribution in [0.25, 0.3) is 10.6 Å². The Hall–Kier alpha value is -2.80. The van der Waals surface area contributed by atoms with Crippen LogP contribution in [-0.4, -0.2) is 39.5 Å². The molecule has 6 rings (SSSR count). The van der Waals surface area contributed by atoms with Gasteiger partial charge in [0.1, 0.15) is 28.9 Å². The van der Waals surface area contributed by atoms with Gasteiger partial charge in [0.25, 0.3) is 5.91 Å². The summed E-state index contributed by atoms with van der Waals surface area (Å²) in [6.07, 6.45) is 3.80. The number of carbonyl (C=O) groups excluding carboxylic acids is 1. The van der Waals surface area contributed by atoms with Crippen LogP contribution in [0.4, 0.5) is 4.39 Å². The van der Waals surface area contributed by atoms with E-state index in [0.717, 1.165) is 29.1 Å². The van der Waals surface area contributed by atoms with E-state index in [1.165, 1.54) is 23.5 Å². The van der Waals surface area contributed by atoms with Crippen LogP contribution >= 0.6 is 11.3 Å². The zero-order chi connectivity index (χ0) is 21.5. The molecule has 3 aromatic rings. The van der Waals surface area contributed by atoms with Crippen molar-refractivity contribution in [3.05, 3.63) is 65.2 Å². The number of rotatable bonds is 5. The van der Waals surface area contributed by atoms with E-state index in [-0.39, 0.29) is 23.8 Å². The molecule has 0 radical (unpaired) electrons. The molecule has 0 spiro atoms. The molecule has 1 amide bonds. The van der Waals surface area contributed by atoms with Gasteiger partial charge in [0.05, 0.1) is 6.04 Å². The van der Waals surface area contributed by atoms with Crippen molar-refractivity contribution in [1.82, 2.24) is 14.9 Å². The monoisotopic (exact) mass is 437 g/mol. The second-order valence-electron chi connectivity index (χ2n) is 8.48. The third-order valence-electron chi connectivity index (χ3n) is 6.62. The highest BCUT2D eigenvalue weighted by atomic mass is 32.1. The fourth-order valence-electron chi connectivity index (χ4n) is 4.76. The number of pyridine rings is 1. The second-order valence-corrected chi connectivity index (χ2v) is 9.37. The molecule has 4 heterocycles. The van der Waals surface area contributed by atoms with Crippen LogP contribution in [0.5, 0.6) is 5.75 Å². The van der Waals surface area contributed by atoms with Gasteiger partial charge in [-0.25, -0.2) is 14.4 Å². The summed E-state index contributed by atoms with van der Waals surface area (Å²) < 4.78 is 19.2. The molecule has 2 bridgehead atoms. The average Bonchev–Trinajstić information content (AvgIpc) is 3.27. The van der Waals surface area contributed by atoms with Crippen LogP contribution < -0.4 is 4.74 Å². The van der Waals surface area contributed by atoms with Gasteiger partial charge >= 0.3 is 0 Å². The predicted octanol–water partition coefficient (Wildman–Crippen LogP) is 4.97. The minimum Gasteiger partial charge on any atom is -0.491 e. The van der Waals surface area contributed by atoms with Gasteiger partial charge in [-0.1, -0.05) is 6.92 Å². The minimum absolute atomic E-state index is 0.0542. The third kappa shape index (κ3) is 3.71. The fourth-order valence-corrected chi connectivity index (χ4v) is 5.42. The maximum Gasteiger partial charge on any atom is 0.273 e. The van der Waals surface area contributed by atoms with Crippen molar-refractivity contribution in [2.45, 2.75) is 38.8 Å². The first kappa shape index (κ1) is 20.1. The maximum atomic E-state index is 13.9. The number of halogens is 1. The molecule has 3 fully saturated rings.